The first kappa shape index (κ1) is 13.0. The standard InChI is InChI=1S/C13H16FN3S/c1-8(2)12-11(15)13(17(3)16-12)18-10-7-5-4-6-9(10)14/h4-8H,15H2,1-3H3. The molecule has 0 atom stereocenters. The number of benzene rings is 1. The van der Waals surface area contributed by atoms with Gasteiger partial charge in [-0.05, 0) is 18.1 Å². The van der Waals surface area contributed by atoms with Gasteiger partial charge in [0.25, 0.3) is 0 Å². The zero-order chi connectivity index (χ0) is 13.3. The van der Waals surface area contributed by atoms with Crippen molar-refractivity contribution >= 4 is 17.4 Å². The van der Waals surface area contributed by atoms with Gasteiger partial charge in [-0.2, -0.15) is 5.10 Å². The van der Waals surface area contributed by atoms with Crippen LogP contribution in [0.25, 0.3) is 0 Å². The summed E-state index contributed by atoms with van der Waals surface area (Å²) in [6, 6.07) is 6.66. The van der Waals surface area contributed by atoms with E-state index in [1.54, 1.807) is 22.9 Å². The molecule has 1 heterocycles. The Morgan fingerprint density at radius 3 is 2.56 bits per heavy atom. The highest BCUT2D eigenvalue weighted by molar-refractivity contribution is 7.99. The molecule has 2 rings (SSSR count). The zero-order valence-electron chi connectivity index (χ0n) is 10.6. The molecule has 0 saturated heterocycles. The first-order valence-electron chi connectivity index (χ1n) is 5.75. The van der Waals surface area contributed by atoms with Crippen LogP contribution in [0.4, 0.5) is 10.1 Å². The summed E-state index contributed by atoms with van der Waals surface area (Å²) in [5, 5.41) is 5.17. The fourth-order valence-electron chi connectivity index (χ4n) is 1.72. The Kier molecular flexibility index (Phi) is 3.61. The van der Waals surface area contributed by atoms with Crippen LogP contribution in [0.2, 0.25) is 0 Å². The van der Waals surface area contributed by atoms with E-state index in [9.17, 15) is 4.39 Å². The second kappa shape index (κ2) is 5.02. The van der Waals surface area contributed by atoms with Crippen LogP contribution in [0.15, 0.2) is 34.2 Å². The Bertz CT molecular complexity index is 563. The van der Waals surface area contributed by atoms with Crippen LogP contribution in [-0.2, 0) is 7.05 Å². The molecule has 0 unspecified atom stereocenters. The lowest BCUT2D eigenvalue weighted by Crippen LogP contribution is -1.94. The van der Waals surface area contributed by atoms with Crippen molar-refractivity contribution in [3.63, 3.8) is 0 Å². The Hall–Kier alpha value is -1.49. The molecule has 1 aromatic heterocycles. The van der Waals surface area contributed by atoms with E-state index < -0.39 is 0 Å². The lowest BCUT2D eigenvalue weighted by atomic mass is 10.1. The number of nitrogens with two attached hydrogens (primary N) is 1. The molecule has 3 nitrogen and oxygen atoms in total. The SMILES string of the molecule is CC(C)c1nn(C)c(Sc2ccccc2F)c1N. The summed E-state index contributed by atoms with van der Waals surface area (Å²) in [6.45, 7) is 4.08. The van der Waals surface area contributed by atoms with E-state index in [1.165, 1.54) is 17.8 Å². The molecule has 0 aliphatic rings. The van der Waals surface area contributed by atoms with E-state index >= 15 is 0 Å². The molecule has 96 valence electrons. The molecule has 18 heavy (non-hydrogen) atoms. The summed E-state index contributed by atoms with van der Waals surface area (Å²) >= 11 is 1.31. The number of aryl methyl sites for hydroxylation is 1. The third kappa shape index (κ3) is 2.36. The Morgan fingerprint density at radius 1 is 1.33 bits per heavy atom. The average Bonchev–Trinajstić information content (AvgIpc) is 2.60. The van der Waals surface area contributed by atoms with Crippen molar-refractivity contribution < 1.29 is 4.39 Å². The van der Waals surface area contributed by atoms with Crippen LogP contribution >= 0.6 is 11.8 Å². The zero-order valence-corrected chi connectivity index (χ0v) is 11.5. The van der Waals surface area contributed by atoms with Crippen LogP contribution < -0.4 is 5.73 Å². The maximum atomic E-state index is 13.6. The average molecular weight is 265 g/mol. The van der Waals surface area contributed by atoms with E-state index in [0.29, 0.717) is 10.6 Å². The third-order valence-corrected chi connectivity index (χ3v) is 3.88. The summed E-state index contributed by atoms with van der Waals surface area (Å²) in [6.07, 6.45) is 0. The summed E-state index contributed by atoms with van der Waals surface area (Å²) in [7, 11) is 1.82. The number of nitrogen functional groups attached to an aromatic ring is 1. The van der Waals surface area contributed by atoms with Gasteiger partial charge in [0, 0.05) is 11.9 Å². The lowest BCUT2D eigenvalue weighted by Gasteiger charge is -2.04. The van der Waals surface area contributed by atoms with Gasteiger partial charge in [-0.25, -0.2) is 4.39 Å². The van der Waals surface area contributed by atoms with Gasteiger partial charge in [-0.1, -0.05) is 37.7 Å². The van der Waals surface area contributed by atoms with Crippen LogP contribution in [0.5, 0.6) is 0 Å². The van der Waals surface area contributed by atoms with Crippen molar-refractivity contribution in [1.29, 1.82) is 0 Å². The Labute approximate surface area is 110 Å². The van der Waals surface area contributed by atoms with Gasteiger partial charge in [-0.3, -0.25) is 4.68 Å². The minimum absolute atomic E-state index is 0.241. The highest BCUT2D eigenvalue weighted by atomic mass is 32.2. The molecule has 0 bridgehead atoms. The van der Waals surface area contributed by atoms with Crippen molar-refractivity contribution in [1.82, 2.24) is 9.78 Å². The number of aromatic nitrogens is 2. The molecular weight excluding hydrogens is 249 g/mol. The van der Waals surface area contributed by atoms with Gasteiger partial charge in [0.15, 0.2) is 0 Å². The van der Waals surface area contributed by atoms with Gasteiger partial charge in [0.2, 0.25) is 0 Å². The molecule has 0 amide bonds. The third-order valence-electron chi connectivity index (χ3n) is 2.65. The van der Waals surface area contributed by atoms with Gasteiger partial charge in [-0.15, -0.1) is 0 Å². The quantitative estimate of drug-likeness (QED) is 0.924. The van der Waals surface area contributed by atoms with Crippen LogP contribution in [0, 0.1) is 5.82 Å². The number of hydrogen-bond donors (Lipinski definition) is 1. The monoisotopic (exact) mass is 265 g/mol. The number of hydrogen-bond acceptors (Lipinski definition) is 3. The normalized spacial score (nSPS) is 11.2. The van der Waals surface area contributed by atoms with E-state index in [1.807, 2.05) is 20.9 Å². The second-order valence-electron chi connectivity index (χ2n) is 4.41. The van der Waals surface area contributed by atoms with Crippen molar-refractivity contribution in [2.24, 2.45) is 7.05 Å². The summed E-state index contributed by atoms with van der Waals surface area (Å²) in [5.41, 5.74) is 7.57. The number of rotatable bonds is 3. The molecule has 0 aliphatic carbocycles. The number of halogens is 1. The highest BCUT2D eigenvalue weighted by Gasteiger charge is 2.17. The van der Waals surface area contributed by atoms with Crippen LogP contribution in [0.3, 0.4) is 0 Å². The molecule has 0 saturated carbocycles. The first-order chi connectivity index (χ1) is 8.50. The molecule has 0 radical (unpaired) electrons. The van der Waals surface area contributed by atoms with Gasteiger partial charge in [0.1, 0.15) is 10.8 Å². The molecule has 1 aromatic carbocycles. The summed E-state index contributed by atoms with van der Waals surface area (Å²) < 4.78 is 15.3. The molecular formula is C13H16FN3S. The highest BCUT2D eigenvalue weighted by Crippen LogP contribution is 2.36. The van der Waals surface area contributed by atoms with Gasteiger partial charge < -0.3 is 5.73 Å². The van der Waals surface area contributed by atoms with Crippen molar-refractivity contribution in [2.45, 2.75) is 29.7 Å². The molecule has 2 aromatic rings. The smallest absolute Gasteiger partial charge is 0.137 e. The fraction of sp³-hybridized carbons (Fsp3) is 0.308. The molecule has 5 heteroatoms. The summed E-state index contributed by atoms with van der Waals surface area (Å²) in [5.74, 6) is 0.0142. The topological polar surface area (TPSA) is 43.8 Å². The molecule has 0 fully saturated rings. The van der Waals surface area contributed by atoms with Crippen molar-refractivity contribution in [2.75, 3.05) is 5.73 Å². The van der Waals surface area contributed by atoms with E-state index in [2.05, 4.69) is 5.10 Å². The van der Waals surface area contributed by atoms with Crippen molar-refractivity contribution in [3.8, 4) is 0 Å². The first-order valence-corrected chi connectivity index (χ1v) is 6.57. The fourth-order valence-corrected chi connectivity index (χ4v) is 2.63. The molecule has 0 aliphatic heterocycles. The van der Waals surface area contributed by atoms with E-state index in [-0.39, 0.29) is 11.7 Å². The minimum atomic E-state index is -0.241. The van der Waals surface area contributed by atoms with Gasteiger partial charge in [0.05, 0.1) is 11.4 Å². The van der Waals surface area contributed by atoms with E-state index in [4.69, 9.17) is 5.73 Å². The van der Waals surface area contributed by atoms with Crippen LogP contribution in [0.1, 0.15) is 25.5 Å². The maximum absolute atomic E-state index is 13.6. The predicted octanol–water partition coefficient (Wildman–Crippen LogP) is 3.42. The summed E-state index contributed by atoms with van der Waals surface area (Å²) in [4.78, 5) is 0.558. The lowest BCUT2D eigenvalue weighted by molar-refractivity contribution is 0.601. The number of anilines is 1. The Morgan fingerprint density at radius 2 is 2.00 bits per heavy atom. The minimum Gasteiger partial charge on any atom is -0.395 e. The van der Waals surface area contributed by atoms with Crippen molar-refractivity contribution in [3.05, 3.63) is 35.8 Å². The largest absolute Gasteiger partial charge is 0.395 e. The number of nitrogens with zero attached hydrogens (tertiary/aromatic N) is 2. The Balaban J connectivity index is 2.38. The predicted molar refractivity (Wildman–Crippen MR) is 72.2 cm³/mol. The van der Waals surface area contributed by atoms with E-state index in [0.717, 1.165) is 10.7 Å². The molecule has 2 N–H and O–H groups in total. The molecule has 0 spiro atoms. The van der Waals surface area contributed by atoms with Gasteiger partial charge >= 0.3 is 0 Å². The maximum Gasteiger partial charge on any atom is 0.137 e. The second-order valence-corrected chi connectivity index (χ2v) is 5.45. The van der Waals surface area contributed by atoms with Crippen LogP contribution in [-0.4, -0.2) is 9.78 Å².